The zero-order valence-electron chi connectivity index (χ0n) is 10.3. The Balaban J connectivity index is 2.26. The molecule has 2 rings (SSSR count). The van der Waals surface area contributed by atoms with E-state index >= 15 is 0 Å². The van der Waals surface area contributed by atoms with Gasteiger partial charge in [-0.1, -0.05) is 12.1 Å². The molecular weight excluding hydrogens is 248 g/mol. The number of benzene rings is 1. The Morgan fingerprint density at radius 3 is 2.68 bits per heavy atom. The summed E-state index contributed by atoms with van der Waals surface area (Å²) in [6.45, 7) is 0.228. The van der Waals surface area contributed by atoms with Crippen LogP contribution in [0.15, 0.2) is 33.9 Å². The van der Waals surface area contributed by atoms with Gasteiger partial charge in [0.2, 0.25) is 0 Å². The lowest BCUT2D eigenvalue weighted by molar-refractivity contribution is -0.137. The lowest BCUT2D eigenvalue weighted by Crippen LogP contribution is -2.35. The molecule has 0 unspecified atom stereocenters. The summed E-state index contributed by atoms with van der Waals surface area (Å²) in [7, 11) is 0. The van der Waals surface area contributed by atoms with Gasteiger partial charge in [-0.3, -0.25) is 14.2 Å². The van der Waals surface area contributed by atoms with Crippen LogP contribution < -0.4 is 11.2 Å². The van der Waals surface area contributed by atoms with Gasteiger partial charge in [0.1, 0.15) is 0 Å². The van der Waals surface area contributed by atoms with Gasteiger partial charge in [-0.25, -0.2) is 4.79 Å². The first kappa shape index (κ1) is 13.1. The van der Waals surface area contributed by atoms with Crippen LogP contribution in [-0.4, -0.2) is 20.6 Å². The highest BCUT2D eigenvalue weighted by Gasteiger charge is 2.06. The molecule has 0 radical (unpaired) electrons. The van der Waals surface area contributed by atoms with Crippen LogP contribution in [0, 0.1) is 0 Å². The molecule has 19 heavy (non-hydrogen) atoms. The molecule has 0 saturated heterocycles. The van der Waals surface area contributed by atoms with Crippen molar-refractivity contribution in [2.75, 3.05) is 0 Å². The molecule has 0 atom stereocenters. The van der Waals surface area contributed by atoms with E-state index in [2.05, 4.69) is 4.98 Å². The maximum absolute atomic E-state index is 12.1. The smallest absolute Gasteiger partial charge is 0.328 e. The minimum Gasteiger partial charge on any atom is -0.481 e. The molecule has 0 aliphatic carbocycles. The lowest BCUT2D eigenvalue weighted by atomic mass is 10.2. The quantitative estimate of drug-likeness (QED) is 0.784. The molecule has 0 aliphatic rings. The number of hydrogen-bond acceptors (Lipinski definition) is 3. The van der Waals surface area contributed by atoms with Crippen molar-refractivity contribution in [3.63, 3.8) is 0 Å². The fourth-order valence-corrected chi connectivity index (χ4v) is 1.95. The van der Waals surface area contributed by atoms with E-state index in [0.29, 0.717) is 23.7 Å². The molecule has 0 fully saturated rings. The number of carboxylic acid groups (broad SMARTS) is 1. The molecular formula is C13H14N2O4. The Hall–Kier alpha value is -2.37. The van der Waals surface area contributed by atoms with E-state index in [1.807, 2.05) is 0 Å². The van der Waals surface area contributed by atoms with Crippen LogP contribution in [0.25, 0.3) is 10.9 Å². The van der Waals surface area contributed by atoms with Gasteiger partial charge in [0.25, 0.3) is 5.56 Å². The van der Waals surface area contributed by atoms with Crippen LogP contribution in [0.4, 0.5) is 0 Å². The Labute approximate surface area is 108 Å². The summed E-state index contributed by atoms with van der Waals surface area (Å²) >= 11 is 0. The number of carboxylic acids is 1. The molecule has 0 bridgehead atoms. The molecule has 0 spiro atoms. The number of hydrogen-bond donors (Lipinski definition) is 2. The summed E-state index contributed by atoms with van der Waals surface area (Å²) in [5.74, 6) is -0.875. The third kappa shape index (κ3) is 2.90. The number of aromatic nitrogens is 2. The summed E-state index contributed by atoms with van der Waals surface area (Å²) < 4.78 is 1.12. The zero-order valence-corrected chi connectivity index (χ0v) is 10.3. The van der Waals surface area contributed by atoms with E-state index in [1.165, 1.54) is 0 Å². The number of H-pyrrole nitrogens is 1. The molecule has 0 saturated carbocycles. The van der Waals surface area contributed by atoms with Crippen molar-refractivity contribution in [2.24, 2.45) is 0 Å². The lowest BCUT2D eigenvalue weighted by Gasteiger charge is -2.05. The molecule has 2 N–H and O–H groups in total. The predicted molar refractivity (Wildman–Crippen MR) is 70.3 cm³/mol. The van der Waals surface area contributed by atoms with E-state index in [0.717, 1.165) is 4.57 Å². The van der Waals surface area contributed by atoms with Gasteiger partial charge in [0.05, 0.1) is 10.9 Å². The Kier molecular flexibility index (Phi) is 3.79. The van der Waals surface area contributed by atoms with Gasteiger partial charge in [-0.15, -0.1) is 0 Å². The van der Waals surface area contributed by atoms with Crippen LogP contribution >= 0.6 is 0 Å². The van der Waals surface area contributed by atoms with Gasteiger partial charge in [0.15, 0.2) is 0 Å². The highest BCUT2D eigenvalue weighted by molar-refractivity contribution is 5.76. The molecule has 1 heterocycles. The largest absolute Gasteiger partial charge is 0.481 e. The van der Waals surface area contributed by atoms with Crippen molar-refractivity contribution in [3.8, 4) is 0 Å². The van der Waals surface area contributed by atoms with Crippen LogP contribution in [0.2, 0.25) is 0 Å². The number of para-hydroxylation sites is 1. The Morgan fingerprint density at radius 2 is 1.95 bits per heavy atom. The predicted octanol–water partition coefficient (Wildman–Crippen LogP) is 0.945. The van der Waals surface area contributed by atoms with Crippen LogP contribution in [-0.2, 0) is 11.3 Å². The number of rotatable bonds is 5. The van der Waals surface area contributed by atoms with E-state index in [9.17, 15) is 14.4 Å². The number of aliphatic carboxylic acids is 1. The van der Waals surface area contributed by atoms with Gasteiger partial charge in [-0.05, 0) is 25.0 Å². The summed E-state index contributed by atoms with van der Waals surface area (Å²) in [5, 5.41) is 8.98. The normalized spacial score (nSPS) is 10.7. The zero-order chi connectivity index (χ0) is 13.8. The first-order valence-corrected chi connectivity index (χ1v) is 6.03. The standard InChI is InChI=1S/C13H14N2O4/c16-11(17)7-3-4-8-15-12(18)9-5-1-2-6-10(9)14-13(15)19/h1-2,5-6H,3-4,7-8H2,(H,14,19)(H,16,17). The van der Waals surface area contributed by atoms with Crippen molar-refractivity contribution >= 4 is 16.9 Å². The second kappa shape index (κ2) is 5.51. The average molecular weight is 262 g/mol. The fraction of sp³-hybridized carbons (Fsp3) is 0.308. The average Bonchev–Trinajstić information content (AvgIpc) is 2.37. The number of fused-ring (bicyclic) bond motifs is 1. The van der Waals surface area contributed by atoms with Gasteiger partial charge in [0, 0.05) is 13.0 Å². The second-order valence-electron chi connectivity index (χ2n) is 4.28. The number of nitrogens with one attached hydrogen (secondary N) is 1. The third-order valence-electron chi connectivity index (χ3n) is 2.91. The first-order valence-electron chi connectivity index (χ1n) is 6.03. The summed E-state index contributed by atoms with van der Waals surface area (Å²) in [6, 6.07) is 6.81. The molecule has 2 aromatic rings. The number of unbranched alkanes of at least 4 members (excludes halogenated alkanes) is 1. The van der Waals surface area contributed by atoms with E-state index in [4.69, 9.17) is 5.11 Å². The second-order valence-corrected chi connectivity index (χ2v) is 4.28. The Bertz CT molecular complexity index is 714. The van der Waals surface area contributed by atoms with Crippen molar-refractivity contribution in [1.29, 1.82) is 0 Å². The number of aromatic amines is 1. The molecule has 100 valence electrons. The summed E-state index contributed by atoms with van der Waals surface area (Å²) in [6.07, 6.45) is 0.960. The summed E-state index contributed by atoms with van der Waals surface area (Å²) in [4.78, 5) is 36.9. The highest BCUT2D eigenvalue weighted by Crippen LogP contribution is 2.03. The van der Waals surface area contributed by atoms with Crippen LogP contribution in [0.1, 0.15) is 19.3 Å². The van der Waals surface area contributed by atoms with Crippen LogP contribution in [0.5, 0.6) is 0 Å². The van der Waals surface area contributed by atoms with Gasteiger partial charge in [-0.2, -0.15) is 0 Å². The van der Waals surface area contributed by atoms with Crippen molar-refractivity contribution in [3.05, 3.63) is 45.1 Å². The molecule has 1 aromatic carbocycles. The highest BCUT2D eigenvalue weighted by atomic mass is 16.4. The first-order chi connectivity index (χ1) is 9.09. The SMILES string of the molecule is O=C(O)CCCCn1c(=O)[nH]c2ccccc2c1=O. The fourth-order valence-electron chi connectivity index (χ4n) is 1.95. The molecule has 1 aromatic heterocycles. The third-order valence-corrected chi connectivity index (χ3v) is 2.91. The topological polar surface area (TPSA) is 92.2 Å². The Morgan fingerprint density at radius 1 is 1.21 bits per heavy atom. The van der Waals surface area contributed by atoms with E-state index < -0.39 is 11.7 Å². The minimum atomic E-state index is -0.875. The monoisotopic (exact) mass is 262 g/mol. The molecule has 0 aliphatic heterocycles. The maximum atomic E-state index is 12.1. The van der Waals surface area contributed by atoms with Gasteiger partial charge < -0.3 is 10.1 Å². The summed E-state index contributed by atoms with van der Waals surface area (Å²) in [5.41, 5.74) is -0.284. The number of nitrogens with zero attached hydrogens (tertiary/aromatic N) is 1. The van der Waals surface area contributed by atoms with Crippen molar-refractivity contribution in [2.45, 2.75) is 25.8 Å². The van der Waals surface area contributed by atoms with Crippen molar-refractivity contribution in [1.82, 2.24) is 9.55 Å². The van der Waals surface area contributed by atoms with E-state index in [-0.39, 0.29) is 18.5 Å². The van der Waals surface area contributed by atoms with Crippen molar-refractivity contribution < 1.29 is 9.90 Å². The van der Waals surface area contributed by atoms with Crippen LogP contribution in [0.3, 0.4) is 0 Å². The number of carbonyl (C=O) groups is 1. The molecule has 6 nitrogen and oxygen atoms in total. The molecule has 6 heteroatoms. The molecule has 0 amide bonds. The maximum Gasteiger partial charge on any atom is 0.328 e. The minimum absolute atomic E-state index is 0.0419. The van der Waals surface area contributed by atoms with Gasteiger partial charge >= 0.3 is 11.7 Å². The van der Waals surface area contributed by atoms with E-state index in [1.54, 1.807) is 24.3 Å².